The number of nitrogens with one attached hydrogen (secondary N) is 3. The van der Waals surface area contributed by atoms with Crippen molar-refractivity contribution in [2.75, 3.05) is 20.2 Å². The number of likely N-dealkylation sites (tertiary alicyclic amines) is 1. The van der Waals surface area contributed by atoms with Gasteiger partial charge in [0.15, 0.2) is 0 Å². The summed E-state index contributed by atoms with van der Waals surface area (Å²) in [6, 6.07) is 7.17. The van der Waals surface area contributed by atoms with Crippen molar-refractivity contribution in [1.29, 1.82) is 0 Å². The highest BCUT2D eigenvalue weighted by atomic mass is 16.5. The molecule has 0 aromatic heterocycles. The van der Waals surface area contributed by atoms with Gasteiger partial charge in [0.1, 0.15) is 24.2 Å². The van der Waals surface area contributed by atoms with Gasteiger partial charge in [0.05, 0.1) is 7.11 Å². The topological polar surface area (TPSA) is 163 Å². The minimum atomic E-state index is -1.35. The summed E-state index contributed by atoms with van der Waals surface area (Å²) < 4.78 is 10.0. The molecule has 228 valence electrons. The average Bonchev–Trinajstić information content (AvgIpc) is 3.39. The smallest absolute Gasteiger partial charge is 0.408 e. The van der Waals surface area contributed by atoms with Crippen molar-refractivity contribution in [3.63, 3.8) is 0 Å². The molecule has 1 fully saturated rings. The largest absolute Gasteiger partial charge is 0.467 e. The molecule has 1 aromatic rings. The van der Waals surface area contributed by atoms with E-state index in [-0.39, 0.29) is 32.0 Å². The molecule has 0 bridgehead atoms. The van der Waals surface area contributed by atoms with Gasteiger partial charge in [-0.3, -0.25) is 14.5 Å². The van der Waals surface area contributed by atoms with Crippen LogP contribution in [0.2, 0.25) is 0 Å². The fraction of sp³-hybridized carbons (Fsp3) is 0.621. The number of hydrogen-bond donors (Lipinski definition) is 4. The second-order valence-electron chi connectivity index (χ2n) is 11.6. The molecule has 1 heterocycles. The van der Waals surface area contributed by atoms with Crippen molar-refractivity contribution in [2.45, 2.75) is 84.5 Å². The Kier molecular flexibility index (Phi) is 12.0. The van der Waals surface area contributed by atoms with Gasteiger partial charge < -0.3 is 30.5 Å². The number of carbonyl (C=O) groups is 5. The lowest BCUT2D eigenvalue weighted by Crippen LogP contribution is -2.67. The fourth-order valence-corrected chi connectivity index (χ4v) is 5.15. The third-order valence-electron chi connectivity index (χ3n) is 7.42. The summed E-state index contributed by atoms with van der Waals surface area (Å²) in [5, 5.41) is 17.9. The van der Waals surface area contributed by atoms with Gasteiger partial charge in [0, 0.05) is 13.1 Å². The molecule has 12 heteroatoms. The number of carboxylic acid groups (broad SMARTS) is 1. The maximum absolute atomic E-state index is 13.7. The summed E-state index contributed by atoms with van der Waals surface area (Å²) >= 11 is 0. The number of ether oxygens (including phenoxy) is 2. The van der Waals surface area contributed by atoms with E-state index in [0.29, 0.717) is 19.3 Å². The summed E-state index contributed by atoms with van der Waals surface area (Å²) in [4.78, 5) is 64.7. The first-order valence-electron chi connectivity index (χ1n) is 13.9. The Morgan fingerprint density at radius 1 is 1.07 bits per heavy atom. The van der Waals surface area contributed by atoms with Crippen LogP contribution in [0.1, 0.15) is 65.9 Å². The minimum absolute atomic E-state index is 0.122. The predicted molar refractivity (Wildman–Crippen MR) is 151 cm³/mol. The van der Waals surface area contributed by atoms with Gasteiger partial charge in [0.25, 0.3) is 0 Å². The first-order valence-corrected chi connectivity index (χ1v) is 13.9. The summed E-state index contributed by atoms with van der Waals surface area (Å²) in [5.74, 6) is -2.18. The van der Waals surface area contributed by atoms with Crippen molar-refractivity contribution >= 4 is 30.0 Å². The molecule has 1 aliphatic rings. The molecular formula is C29H44N4O8. The number of alkyl carbamates (subject to hydrolysis) is 1. The van der Waals surface area contributed by atoms with Crippen LogP contribution in [0.25, 0.3) is 0 Å². The molecule has 12 nitrogen and oxygen atoms in total. The summed E-state index contributed by atoms with van der Waals surface area (Å²) in [5.41, 5.74) is -1.25. The van der Waals surface area contributed by atoms with Crippen LogP contribution in [0.15, 0.2) is 30.3 Å². The van der Waals surface area contributed by atoms with E-state index in [0.717, 1.165) is 10.5 Å². The molecule has 0 radical (unpaired) electrons. The molecule has 1 aliphatic heterocycles. The highest BCUT2D eigenvalue weighted by Crippen LogP contribution is 2.44. The van der Waals surface area contributed by atoms with Gasteiger partial charge >= 0.3 is 18.2 Å². The van der Waals surface area contributed by atoms with E-state index < -0.39 is 53.0 Å². The van der Waals surface area contributed by atoms with E-state index in [1.807, 2.05) is 30.3 Å². The van der Waals surface area contributed by atoms with Crippen molar-refractivity contribution in [2.24, 2.45) is 11.3 Å². The molecule has 3 atom stereocenters. The van der Waals surface area contributed by atoms with Crippen molar-refractivity contribution in [3.8, 4) is 0 Å². The molecule has 41 heavy (non-hydrogen) atoms. The van der Waals surface area contributed by atoms with E-state index >= 15 is 0 Å². The molecule has 1 aromatic carbocycles. The Labute approximate surface area is 241 Å². The number of hydrogen-bond acceptors (Lipinski definition) is 7. The van der Waals surface area contributed by atoms with Crippen molar-refractivity contribution in [1.82, 2.24) is 20.9 Å². The van der Waals surface area contributed by atoms with Crippen LogP contribution < -0.4 is 16.0 Å². The Hall–Kier alpha value is -3.83. The van der Waals surface area contributed by atoms with Gasteiger partial charge in [-0.1, -0.05) is 65.0 Å². The lowest BCUT2D eigenvalue weighted by molar-refractivity contribution is -0.146. The third kappa shape index (κ3) is 8.58. The fourth-order valence-electron chi connectivity index (χ4n) is 5.15. The molecule has 4 N–H and O–H groups in total. The standard InChI is InChI=1S/C29H44N4O8/c1-19(2)22(32-25(36)29(28(3,4)5)15-11-17-33(29)27(38)39)23(34)31-21(24(35)40-6)14-10-16-30-26(37)41-18-20-12-8-7-9-13-20/h7-9,12-13,19,21-22H,10-11,14-18H2,1-6H3,(H,30,37)(H,31,34)(H,32,36)(H,38,39)/t21-,22+,29+/m0/s1. The molecule has 0 unspecified atom stereocenters. The number of rotatable bonds is 12. The second kappa shape index (κ2) is 14.7. The van der Waals surface area contributed by atoms with E-state index in [2.05, 4.69) is 16.0 Å². The van der Waals surface area contributed by atoms with E-state index in [1.165, 1.54) is 7.11 Å². The van der Waals surface area contributed by atoms with Crippen molar-refractivity contribution < 1.29 is 38.6 Å². The van der Waals surface area contributed by atoms with E-state index in [9.17, 15) is 29.1 Å². The normalized spacial score (nSPS) is 18.3. The Bertz CT molecular complexity index is 1070. The predicted octanol–water partition coefficient (Wildman–Crippen LogP) is 3.05. The van der Waals surface area contributed by atoms with E-state index in [1.54, 1.807) is 34.6 Å². The number of benzene rings is 1. The number of nitrogens with zero attached hydrogens (tertiary/aromatic N) is 1. The molecule has 2 rings (SSSR count). The molecule has 0 saturated carbocycles. The Morgan fingerprint density at radius 3 is 2.29 bits per heavy atom. The molecule has 4 amide bonds. The number of methoxy groups -OCH3 is 1. The minimum Gasteiger partial charge on any atom is -0.467 e. The lowest BCUT2D eigenvalue weighted by atomic mass is 9.71. The van der Waals surface area contributed by atoms with Gasteiger partial charge in [-0.05, 0) is 42.6 Å². The lowest BCUT2D eigenvalue weighted by Gasteiger charge is -2.46. The van der Waals surface area contributed by atoms with Gasteiger partial charge in [-0.15, -0.1) is 0 Å². The number of amides is 4. The Morgan fingerprint density at radius 2 is 1.73 bits per heavy atom. The monoisotopic (exact) mass is 576 g/mol. The van der Waals surface area contributed by atoms with E-state index in [4.69, 9.17) is 9.47 Å². The quantitative estimate of drug-likeness (QED) is 0.218. The van der Waals surface area contributed by atoms with Crippen LogP contribution in [0, 0.1) is 11.3 Å². The molecule has 0 aliphatic carbocycles. The van der Waals surface area contributed by atoms with Gasteiger partial charge in [-0.2, -0.15) is 0 Å². The van der Waals surface area contributed by atoms with Crippen LogP contribution >= 0.6 is 0 Å². The summed E-state index contributed by atoms with van der Waals surface area (Å²) in [6.07, 6.45) is -0.457. The number of esters is 1. The van der Waals surface area contributed by atoms with Crippen LogP contribution in [0.5, 0.6) is 0 Å². The zero-order chi connectivity index (χ0) is 30.8. The second-order valence-corrected chi connectivity index (χ2v) is 11.6. The van der Waals surface area contributed by atoms with Crippen LogP contribution in [0.3, 0.4) is 0 Å². The molecule has 0 spiro atoms. The first kappa shape index (κ1) is 33.4. The molecular weight excluding hydrogens is 532 g/mol. The highest BCUT2D eigenvalue weighted by molar-refractivity contribution is 5.96. The SMILES string of the molecule is COC(=O)[C@H](CCCNC(=O)OCc1ccccc1)NC(=O)[C@H](NC(=O)[C@@]1(C(C)(C)C)CCCN1C(=O)O)C(C)C. The van der Waals surface area contributed by atoms with Gasteiger partial charge in [-0.25, -0.2) is 14.4 Å². The number of carbonyl (C=O) groups excluding carboxylic acids is 4. The zero-order valence-electron chi connectivity index (χ0n) is 24.8. The Balaban J connectivity index is 2.02. The third-order valence-corrected chi connectivity index (χ3v) is 7.42. The van der Waals surface area contributed by atoms with Gasteiger partial charge in [0.2, 0.25) is 11.8 Å². The van der Waals surface area contributed by atoms with Crippen LogP contribution in [-0.4, -0.2) is 77.8 Å². The molecule has 1 saturated heterocycles. The van der Waals surface area contributed by atoms with Crippen LogP contribution in [0.4, 0.5) is 9.59 Å². The van der Waals surface area contributed by atoms with Crippen molar-refractivity contribution in [3.05, 3.63) is 35.9 Å². The maximum atomic E-state index is 13.7. The van der Waals surface area contributed by atoms with Crippen LogP contribution in [-0.2, 0) is 30.5 Å². The maximum Gasteiger partial charge on any atom is 0.408 e. The summed E-state index contributed by atoms with van der Waals surface area (Å²) in [7, 11) is 1.20. The zero-order valence-corrected chi connectivity index (χ0v) is 24.8. The summed E-state index contributed by atoms with van der Waals surface area (Å²) in [6.45, 7) is 9.44. The highest BCUT2D eigenvalue weighted by Gasteiger charge is 2.57. The average molecular weight is 577 g/mol. The first-order chi connectivity index (χ1) is 19.2.